The summed E-state index contributed by atoms with van der Waals surface area (Å²) in [6.07, 6.45) is 1.67. The summed E-state index contributed by atoms with van der Waals surface area (Å²) >= 11 is 0. The lowest BCUT2D eigenvalue weighted by atomic mass is 10.1. The van der Waals surface area contributed by atoms with Gasteiger partial charge in [0, 0.05) is 0 Å². The first-order valence-electron chi connectivity index (χ1n) is 7.73. The van der Waals surface area contributed by atoms with Gasteiger partial charge in [0.25, 0.3) is 0 Å². The van der Waals surface area contributed by atoms with Gasteiger partial charge in [-0.1, -0.05) is 26.0 Å². The third kappa shape index (κ3) is 2.54. The highest BCUT2D eigenvalue weighted by molar-refractivity contribution is 5.94. The van der Waals surface area contributed by atoms with Crippen molar-refractivity contribution in [3.05, 3.63) is 53.2 Å². The molecule has 3 aromatic rings. The number of fused-ring (bicyclic) bond motifs is 1. The number of aryl methyl sites for hydroxylation is 3. The lowest BCUT2D eigenvalue weighted by molar-refractivity contribution is 0.464. The van der Waals surface area contributed by atoms with E-state index in [1.54, 1.807) is 0 Å². The van der Waals surface area contributed by atoms with Gasteiger partial charge >= 0.3 is 0 Å². The molecule has 0 fully saturated rings. The summed E-state index contributed by atoms with van der Waals surface area (Å²) in [4.78, 5) is 3.30. The van der Waals surface area contributed by atoms with Crippen LogP contribution in [0.1, 0.15) is 30.7 Å². The average molecular weight is 295 g/mol. The van der Waals surface area contributed by atoms with Crippen LogP contribution in [0.4, 0.5) is 0 Å². The lowest BCUT2D eigenvalue weighted by Gasteiger charge is -2.10. The second kappa shape index (κ2) is 5.76. The third-order valence-electron chi connectivity index (χ3n) is 3.95. The number of ether oxygens (including phenoxy) is 1. The number of nitrogens with one attached hydrogen (secondary N) is 1. The van der Waals surface area contributed by atoms with Gasteiger partial charge in [0.2, 0.25) is 0 Å². The minimum Gasteiger partial charge on any atom is -0.505 e. The predicted octanol–water partition coefficient (Wildman–Crippen LogP) is 5.10. The van der Waals surface area contributed by atoms with Gasteiger partial charge in [-0.3, -0.25) is 0 Å². The molecule has 3 heteroatoms. The van der Waals surface area contributed by atoms with Gasteiger partial charge < -0.3 is 14.8 Å². The number of hydrogen-bond acceptors (Lipinski definition) is 2. The van der Waals surface area contributed by atoms with Gasteiger partial charge in [0.1, 0.15) is 17.2 Å². The van der Waals surface area contributed by atoms with Gasteiger partial charge in [0.15, 0.2) is 0 Å². The van der Waals surface area contributed by atoms with Crippen LogP contribution in [0.3, 0.4) is 0 Å². The largest absolute Gasteiger partial charge is 0.505 e. The Kier molecular flexibility index (Phi) is 3.80. The number of hydrogen-bond donors (Lipinski definition) is 2. The van der Waals surface area contributed by atoms with Crippen molar-refractivity contribution in [1.29, 1.82) is 0 Å². The first-order valence-corrected chi connectivity index (χ1v) is 7.73. The highest BCUT2D eigenvalue weighted by Gasteiger charge is 2.16. The Morgan fingerprint density at radius 2 is 1.91 bits per heavy atom. The van der Waals surface area contributed by atoms with Crippen molar-refractivity contribution >= 4 is 10.9 Å². The van der Waals surface area contributed by atoms with Crippen molar-refractivity contribution in [3.8, 4) is 17.2 Å². The Balaban J connectivity index is 2.16. The van der Waals surface area contributed by atoms with E-state index in [0.717, 1.165) is 40.8 Å². The normalized spacial score (nSPS) is 11.0. The van der Waals surface area contributed by atoms with E-state index in [1.165, 1.54) is 5.56 Å². The van der Waals surface area contributed by atoms with Crippen molar-refractivity contribution in [2.24, 2.45) is 0 Å². The molecule has 0 spiro atoms. The van der Waals surface area contributed by atoms with Crippen molar-refractivity contribution in [1.82, 2.24) is 4.98 Å². The summed E-state index contributed by atoms with van der Waals surface area (Å²) in [6.45, 7) is 6.17. The molecule has 114 valence electrons. The minimum atomic E-state index is 0.294. The lowest BCUT2D eigenvalue weighted by Crippen LogP contribution is -1.89. The molecule has 0 amide bonds. The van der Waals surface area contributed by atoms with E-state index in [9.17, 15) is 5.11 Å². The molecule has 1 heterocycles. The molecule has 0 bridgehead atoms. The molecule has 0 saturated carbocycles. The molecule has 2 N–H and O–H groups in total. The fourth-order valence-electron chi connectivity index (χ4n) is 2.73. The van der Waals surface area contributed by atoms with E-state index in [2.05, 4.69) is 18.0 Å². The molecule has 0 aliphatic heterocycles. The van der Waals surface area contributed by atoms with Gasteiger partial charge in [-0.05, 0) is 55.2 Å². The topological polar surface area (TPSA) is 45.2 Å². The maximum absolute atomic E-state index is 10.5. The molecule has 1 aromatic heterocycles. The van der Waals surface area contributed by atoms with Crippen LogP contribution in [-0.2, 0) is 12.8 Å². The molecule has 3 nitrogen and oxygen atoms in total. The van der Waals surface area contributed by atoms with Crippen LogP contribution >= 0.6 is 0 Å². The zero-order valence-corrected chi connectivity index (χ0v) is 13.2. The highest BCUT2D eigenvalue weighted by Crippen LogP contribution is 2.39. The van der Waals surface area contributed by atoms with E-state index in [-0.39, 0.29) is 0 Å². The van der Waals surface area contributed by atoms with Crippen LogP contribution in [0.5, 0.6) is 17.2 Å². The SMILES string of the molecule is CCc1cc(Oc2cccc(C)c2)c2c(O)c(CC)[nH]c2c1. The van der Waals surface area contributed by atoms with E-state index in [0.29, 0.717) is 11.5 Å². The highest BCUT2D eigenvalue weighted by atomic mass is 16.5. The van der Waals surface area contributed by atoms with Crippen LogP contribution in [0, 0.1) is 6.92 Å². The Hall–Kier alpha value is -2.42. The van der Waals surface area contributed by atoms with Gasteiger partial charge in [-0.2, -0.15) is 0 Å². The zero-order chi connectivity index (χ0) is 15.7. The molecular formula is C19H21NO2. The van der Waals surface area contributed by atoms with Gasteiger partial charge in [-0.15, -0.1) is 0 Å². The summed E-state index contributed by atoms with van der Waals surface area (Å²) in [6, 6.07) is 12.0. The number of benzene rings is 2. The van der Waals surface area contributed by atoms with E-state index in [4.69, 9.17) is 4.74 Å². The van der Waals surface area contributed by atoms with Crippen molar-refractivity contribution in [2.45, 2.75) is 33.6 Å². The maximum atomic E-state index is 10.5. The van der Waals surface area contributed by atoms with E-state index in [1.807, 2.05) is 44.2 Å². The molecule has 0 aliphatic rings. The van der Waals surface area contributed by atoms with Gasteiger partial charge in [0.05, 0.1) is 16.6 Å². The quantitative estimate of drug-likeness (QED) is 0.703. The zero-order valence-electron chi connectivity index (χ0n) is 13.2. The first kappa shape index (κ1) is 14.5. The molecule has 22 heavy (non-hydrogen) atoms. The first-order chi connectivity index (χ1) is 10.6. The smallest absolute Gasteiger partial charge is 0.147 e. The van der Waals surface area contributed by atoms with Crippen LogP contribution < -0.4 is 4.74 Å². The van der Waals surface area contributed by atoms with Crippen molar-refractivity contribution in [2.75, 3.05) is 0 Å². The number of H-pyrrole nitrogens is 1. The van der Waals surface area contributed by atoms with Crippen LogP contribution in [0.25, 0.3) is 10.9 Å². The van der Waals surface area contributed by atoms with Gasteiger partial charge in [-0.25, -0.2) is 0 Å². The number of aromatic nitrogens is 1. The molecule has 2 aromatic carbocycles. The molecule has 0 unspecified atom stereocenters. The Morgan fingerprint density at radius 1 is 1.09 bits per heavy atom. The maximum Gasteiger partial charge on any atom is 0.147 e. The van der Waals surface area contributed by atoms with Crippen LogP contribution in [0.2, 0.25) is 0 Å². The Morgan fingerprint density at radius 3 is 2.59 bits per heavy atom. The number of aromatic amines is 1. The summed E-state index contributed by atoms with van der Waals surface area (Å²) in [5.41, 5.74) is 4.10. The fraction of sp³-hybridized carbons (Fsp3) is 0.263. The van der Waals surface area contributed by atoms with Crippen LogP contribution in [0.15, 0.2) is 36.4 Å². The molecule has 3 rings (SSSR count). The molecule has 0 saturated heterocycles. The minimum absolute atomic E-state index is 0.294. The van der Waals surface area contributed by atoms with E-state index >= 15 is 0 Å². The van der Waals surface area contributed by atoms with Crippen molar-refractivity contribution < 1.29 is 9.84 Å². The Bertz CT molecular complexity index is 818. The average Bonchev–Trinajstić information content (AvgIpc) is 2.83. The summed E-state index contributed by atoms with van der Waals surface area (Å²) in [5, 5.41) is 11.2. The summed E-state index contributed by atoms with van der Waals surface area (Å²) in [5.74, 6) is 1.78. The van der Waals surface area contributed by atoms with Crippen molar-refractivity contribution in [3.63, 3.8) is 0 Å². The molecular weight excluding hydrogens is 274 g/mol. The summed E-state index contributed by atoms with van der Waals surface area (Å²) in [7, 11) is 0. The standard InChI is InChI=1S/C19H21NO2/c1-4-13-10-16-18(19(21)15(5-2)20-16)17(11-13)22-14-8-6-7-12(3)9-14/h6-11,20-21H,4-5H2,1-3H3. The fourth-order valence-corrected chi connectivity index (χ4v) is 2.73. The summed E-state index contributed by atoms with van der Waals surface area (Å²) < 4.78 is 6.07. The predicted molar refractivity (Wildman–Crippen MR) is 90.0 cm³/mol. The monoisotopic (exact) mass is 295 g/mol. The number of aromatic hydroxyl groups is 1. The molecule has 0 aliphatic carbocycles. The van der Waals surface area contributed by atoms with E-state index < -0.39 is 0 Å². The number of rotatable bonds is 4. The second-order valence-corrected chi connectivity index (χ2v) is 5.59. The molecule has 0 atom stereocenters. The van der Waals surface area contributed by atoms with Crippen LogP contribution in [-0.4, -0.2) is 10.1 Å². The molecule has 0 radical (unpaired) electrons. The Labute approximate surface area is 130 Å². The third-order valence-corrected chi connectivity index (χ3v) is 3.95. The second-order valence-electron chi connectivity index (χ2n) is 5.59.